The van der Waals surface area contributed by atoms with Crippen LogP contribution in [0.1, 0.15) is 0 Å². The lowest BCUT2D eigenvalue weighted by atomic mass is 10.2. The fraction of sp³-hybridized carbons (Fsp3) is 0. The molecule has 0 bridgehead atoms. The minimum absolute atomic E-state index is 0.160. The number of aromatic nitrogens is 1. The Kier molecular flexibility index (Phi) is 2.74. The van der Waals surface area contributed by atoms with Gasteiger partial charge in [0.25, 0.3) is 11.6 Å². The summed E-state index contributed by atoms with van der Waals surface area (Å²) in [5.74, 6) is -0.137. The van der Waals surface area contributed by atoms with Gasteiger partial charge < -0.3 is 10.2 Å². The normalized spacial score (nSPS) is 10.4. The lowest BCUT2D eigenvalue weighted by Crippen LogP contribution is -2.10. The molecular weight excluding hydrogens is 279 g/mol. The van der Waals surface area contributed by atoms with Gasteiger partial charge in [0.15, 0.2) is 5.76 Å². The largest absolute Gasteiger partial charge is 0.424 e. The van der Waals surface area contributed by atoms with Crippen molar-refractivity contribution in [3.05, 3.63) is 44.9 Å². The molecule has 0 spiro atoms. The Labute approximate surface area is 98.0 Å². The van der Waals surface area contributed by atoms with Gasteiger partial charge in [-0.3, -0.25) is 4.79 Å². The van der Waals surface area contributed by atoms with E-state index < -0.39 is 5.56 Å². The van der Waals surface area contributed by atoms with E-state index in [0.717, 1.165) is 0 Å². The minimum atomic E-state index is -0.525. The quantitative estimate of drug-likeness (QED) is 0.872. The van der Waals surface area contributed by atoms with E-state index in [-0.39, 0.29) is 22.1 Å². The summed E-state index contributed by atoms with van der Waals surface area (Å²) < 4.78 is 18.0. The average Bonchev–Trinajstić information content (AvgIpc) is 2.25. The van der Waals surface area contributed by atoms with Gasteiger partial charge in [0, 0.05) is 5.56 Å². The molecule has 2 rings (SSSR count). The molecule has 0 aliphatic carbocycles. The number of rotatable bonds is 1. The molecule has 2 N–H and O–H groups in total. The zero-order valence-corrected chi connectivity index (χ0v) is 9.49. The number of hydrogen-bond donors (Lipinski definition) is 1. The van der Waals surface area contributed by atoms with Gasteiger partial charge >= 0.3 is 0 Å². The van der Waals surface area contributed by atoms with Crippen LogP contribution in [0.3, 0.4) is 0 Å². The average molecular weight is 285 g/mol. The predicted octanol–water partition coefficient (Wildman–Crippen LogP) is 2.19. The Morgan fingerprint density at radius 1 is 1.31 bits per heavy atom. The van der Waals surface area contributed by atoms with Crippen LogP contribution in [0.5, 0.6) is 0 Å². The molecule has 2 aromatic rings. The Morgan fingerprint density at radius 2 is 1.94 bits per heavy atom. The van der Waals surface area contributed by atoms with Crippen molar-refractivity contribution < 1.29 is 8.81 Å². The predicted molar refractivity (Wildman–Crippen MR) is 60.3 cm³/mol. The maximum Gasteiger partial charge on any atom is 0.295 e. The Hall–Kier alpha value is -1.69. The molecule has 0 fully saturated rings. The van der Waals surface area contributed by atoms with Crippen molar-refractivity contribution in [3.63, 3.8) is 0 Å². The third kappa shape index (κ3) is 1.96. The first-order chi connectivity index (χ1) is 7.58. The molecule has 0 amide bonds. The number of nitrogen functional groups attached to an aromatic ring is 1. The van der Waals surface area contributed by atoms with Crippen molar-refractivity contribution in [2.24, 2.45) is 0 Å². The van der Waals surface area contributed by atoms with Crippen molar-refractivity contribution in [1.29, 1.82) is 0 Å². The summed E-state index contributed by atoms with van der Waals surface area (Å²) in [4.78, 5) is 14.7. The maximum atomic E-state index is 12.7. The fourth-order valence-electron chi connectivity index (χ4n) is 1.21. The summed E-state index contributed by atoms with van der Waals surface area (Å²) in [6.07, 6.45) is 0. The van der Waals surface area contributed by atoms with E-state index in [0.29, 0.717) is 5.56 Å². The third-order valence-corrected chi connectivity index (χ3v) is 2.61. The lowest BCUT2D eigenvalue weighted by molar-refractivity contribution is 0.559. The second-order valence-electron chi connectivity index (χ2n) is 3.01. The van der Waals surface area contributed by atoms with Crippen LogP contribution in [0.4, 0.5) is 10.4 Å². The number of nitrogens with two attached hydrogens (primary N) is 1. The SMILES string of the molecule is Nc1nc(=O)c(Br)c(-c2ccc(F)cc2)o1. The van der Waals surface area contributed by atoms with Crippen molar-refractivity contribution in [2.75, 3.05) is 5.73 Å². The molecule has 0 atom stereocenters. The van der Waals surface area contributed by atoms with Gasteiger partial charge in [0.05, 0.1) is 0 Å². The monoisotopic (exact) mass is 284 g/mol. The topological polar surface area (TPSA) is 69.1 Å². The summed E-state index contributed by atoms with van der Waals surface area (Å²) in [5, 5.41) is 0. The van der Waals surface area contributed by atoms with E-state index in [9.17, 15) is 9.18 Å². The highest BCUT2D eigenvalue weighted by Gasteiger charge is 2.11. The minimum Gasteiger partial charge on any atom is -0.424 e. The number of hydrogen-bond acceptors (Lipinski definition) is 4. The number of nitrogens with zero attached hydrogens (tertiary/aromatic N) is 1. The fourth-order valence-corrected chi connectivity index (χ4v) is 1.60. The van der Waals surface area contributed by atoms with Crippen LogP contribution < -0.4 is 11.3 Å². The summed E-state index contributed by atoms with van der Waals surface area (Å²) in [7, 11) is 0. The summed E-state index contributed by atoms with van der Waals surface area (Å²) in [6.45, 7) is 0. The number of halogens is 2. The van der Waals surface area contributed by atoms with Crippen LogP contribution in [0, 0.1) is 5.82 Å². The van der Waals surface area contributed by atoms with Gasteiger partial charge in [-0.1, -0.05) is 0 Å². The molecule has 0 unspecified atom stereocenters. The van der Waals surface area contributed by atoms with E-state index >= 15 is 0 Å². The standard InChI is InChI=1S/C10H6BrFN2O2/c11-7-8(16-10(13)14-9(7)15)5-1-3-6(12)4-2-5/h1-4H,(H2,13,14,15). The van der Waals surface area contributed by atoms with Crippen LogP contribution in [-0.2, 0) is 0 Å². The first-order valence-electron chi connectivity index (χ1n) is 4.30. The third-order valence-electron chi connectivity index (χ3n) is 1.91. The maximum absolute atomic E-state index is 12.7. The Balaban J connectivity index is 2.64. The molecule has 1 aromatic heterocycles. The highest BCUT2D eigenvalue weighted by Crippen LogP contribution is 2.26. The molecule has 0 aliphatic heterocycles. The summed E-state index contributed by atoms with van der Waals surface area (Å²) >= 11 is 3.05. The number of anilines is 1. The second kappa shape index (κ2) is 4.05. The van der Waals surface area contributed by atoms with E-state index in [2.05, 4.69) is 20.9 Å². The zero-order chi connectivity index (χ0) is 11.7. The summed E-state index contributed by atoms with van der Waals surface area (Å²) in [5.41, 5.74) is 5.34. The van der Waals surface area contributed by atoms with Gasteiger partial charge in [-0.2, -0.15) is 4.98 Å². The van der Waals surface area contributed by atoms with Crippen molar-refractivity contribution in [2.45, 2.75) is 0 Å². The van der Waals surface area contributed by atoms with Crippen molar-refractivity contribution in [1.82, 2.24) is 4.98 Å². The molecular formula is C10H6BrFN2O2. The van der Waals surface area contributed by atoms with Crippen molar-refractivity contribution in [3.8, 4) is 11.3 Å². The smallest absolute Gasteiger partial charge is 0.295 e. The second-order valence-corrected chi connectivity index (χ2v) is 3.80. The van der Waals surface area contributed by atoms with Gasteiger partial charge in [-0.25, -0.2) is 4.39 Å². The van der Waals surface area contributed by atoms with Crippen LogP contribution >= 0.6 is 15.9 Å². The first kappa shape index (κ1) is 10.8. The molecule has 0 saturated carbocycles. The molecule has 16 heavy (non-hydrogen) atoms. The Morgan fingerprint density at radius 3 is 2.56 bits per heavy atom. The summed E-state index contributed by atoms with van der Waals surface area (Å²) in [6, 6.07) is 5.26. The highest BCUT2D eigenvalue weighted by atomic mass is 79.9. The highest BCUT2D eigenvalue weighted by molar-refractivity contribution is 9.10. The van der Waals surface area contributed by atoms with Gasteiger partial charge in [0.2, 0.25) is 0 Å². The van der Waals surface area contributed by atoms with Gasteiger partial charge in [-0.15, -0.1) is 0 Å². The first-order valence-corrected chi connectivity index (χ1v) is 5.09. The van der Waals surface area contributed by atoms with Gasteiger partial charge in [-0.05, 0) is 40.2 Å². The van der Waals surface area contributed by atoms with Gasteiger partial charge in [0.1, 0.15) is 10.3 Å². The molecule has 6 heteroatoms. The zero-order valence-electron chi connectivity index (χ0n) is 7.91. The molecule has 82 valence electrons. The van der Waals surface area contributed by atoms with Crippen LogP contribution in [-0.4, -0.2) is 4.98 Å². The molecule has 0 saturated heterocycles. The molecule has 0 aliphatic rings. The molecule has 4 nitrogen and oxygen atoms in total. The molecule has 1 aromatic carbocycles. The van der Waals surface area contributed by atoms with Crippen LogP contribution in [0.25, 0.3) is 11.3 Å². The van der Waals surface area contributed by atoms with Crippen molar-refractivity contribution >= 4 is 21.9 Å². The molecule has 1 heterocycles. The van der Waals surface area contributed by atoms with E-state index in [1.54, 1.807) is 0 Å². The Bertz CT molecular complexity index is 580. The lowest BCUT2D eigenvalue weighted by Gasteiger charge is -2.03. The van der Waals surface area contributed by atoms with E-state index in [1.165, 1.54) is 24.3 Å². The number of benzene rings is 1. The van der Waals surface area contributed by atoms with E-state index in [1.807, 2.05) is 0 Å². The molecule has 0 radical (unpaired) electrons. The van der Waals surface area contributed by atoms with E-state index in [4.69, 9.17) is 10.2 Å². The van der Waals surface area contributed by atoms with Crippen LogP contribution in [0.2, 0.25) is 0 Å². The van der Waals surface area contributed by atoms with Crippen LogP contribution in [0.15, 0.2) is 37.9 Å².